The van der Waals surface area contributed by atoms with Gasteiger partial charge in [0.1, 0.15) is 11.5 Å². The zero-order valence-corrected chi connectivity index (χ0v) is 14.8. The Labute approximate surface area is 156 Å². The smallest absolute Gasteiger partial charge is 0.312 e. The Morgan fingerprint density at radius 3 is 2.59 bits per heavy atom. The maximum atomic E-state index is 11.9. The molecule has 140 valence electrons. The molecule has 27 heavy (non-hydrogen) atoms. The van der Waals surface area contributed by atoms with Crippen LogP contribution in [0.25, 0.3) is 6.08 Å². The van der Waals surface area contributed by atoms with E-state index in [9.17, 15) is 9.59 Å². The van der Waals surface area contributed by atoms with Crippen molar-refractivity contribution < 1.29 is 28.5 Å². The van der Waals surface area contributed by atoms with E-state index in [-0.39, 0.29) is 25.7 Å². The highest BCUT2D eigenvalue weighted by molar-refractivity contribution is 5.91. The van der Waals surface area contributed by atoms with Gasteiger partial charge >= 0.3 is 5.97 Å². The zero-order chi connectivity index (χ0) is 19.1. The monoisotopic (exact) mass is 369 g/mol. The molecule has 1 aliphatic rings. The fourth-order valence-corrected chi connectivity index (χ4v) is 2.36. The predicted octanol–water partition coefficient (Wildman–Crippen LogP) is 2.55. The third-order valence-corrected chi connectivity index (χ3v) is 3.75. The molecule has 7 heteroatoms. The lowest BCUT2D eigenvalue weighted by atomic mass is 10.2. The van der Waals surface area contributed by atoms with E-state index in [0.29, 0.717) is 17.2 Å². The maximum Gasteiger partial charge on any atom is 0.312 e. The predicted molar refractivity (Wildman–Crippen MR) is 97.9 cm³/mol. The number of hydrogen-bond acceptors (Lipinski definition) is 6. The fourth-order valence-electron chi connectivity index (χ4n) is 2.36. The summed E-state index contributed by atoms with van der Waals surface area (Å²) in [6.07, 6.45) is 3.14. The van der Waals surface area contributed by atoms with Crippen molar-refractivity contribution in [3.05, 3.63) is 54.1 Å². The van der Waals surface area contributed by atoms with Crippen LogP contribution in [0, 0.1) is 0 Å². The Hall–Kier alpha value is -3.48. The Kier molecular flexibility index (Phi) is 5.94. The average Bonchev–Trinajstić information content (AvgIpc) is 3.14. The minimum atomic E-state index is -0.451. The van der Waals surface area contributed by atoms with Crippen molar-refractivity contribution in [2.45, 2.75) is 6.42 Å². The first-order valence-electron chi connectivity index (χ1n) is 8.34. The summed E-state index contributed by atoms with van der Waals surface area (Å²) in [7, 11) is 1.59. The Bertz CT molecular complexity index is 844. The van der Waals surface area contributed by atoms with E-state index in [1.807, 2.05) is 24.3 Å². The van der Waals surface area contributed by atoms with Gasteiger partial charge in [-0.1, -0.05) is 12.1 Å². The van der Waals surface area contributed by atoms with Gasteiger partial charge in [-0.2, -0.15) is 0 Å². The van der Waals surface area contributed by atoms with Crippen molar-refractivity contribution in [1.82, 2.24) is 5.32 Å². The van der Waals surface area contributed by atoms with E-state index in [2.05, 4.69) is 5.32 Å². The van der Waals surface area contributed by atoms with Gasteiger partial charge in [0.2, 0.25) is 12.7 Å². The lowest BCUT2D eigenvalue weighted by Crippen LogP contribution is -2.25. The summed E-state index contributed by atoms with van der Waals surface area (Å²) in [5, 5.41) is 2.64. The van der Waals surface area contributed by atoms with Crippen LogP contribution in [0.15, 0.2) is 48.5 Å². The first-order chi connectivity index (χ1) is 13.1. The van der Waals surface area contributed by atoms with Crippen LogP contribution < -0.4 is 24.3 Å². The van der Waals surface area contributed by atoms with E-state index >= 15 is 0 Å². The van der Waals surface area contributed by atoms with Crippen LogP contribution in [-0.2, 0) is 9.59 Å². The number of carbonyl (C=O) groups excluding carboxylic acids is 2. The summed E-state index contributed by atoms with van der Waals surface area (Å²) in [5.41, 5.74) is 0.869. The molecule has 0 radical (unpaired) electrons. The van der Waals surface area contributed by atoms with Crippen LogP contribution in [0.2, 0.25) is 0 Å². The molecule has 0 saturated carbocycles. The minimum absolute atomic E-state index is 0.0521. The number of amides is 1. The van der Waals surface area contributed by atoms with Gasteiger partial charge in [-0.05, 0) is 35.9 Å². The van der Waals surface area contributed by atoms with Gasteiger partial charge in [-0.3, -0.25) is 9.59 Å². The van der Waals surface area contributed by atoms with Crippen molar-refractivity contribution in [3.63, 3.8) is 0 Å². The summed E-state index contributed by atoms with van der Waals surface area (Å²) in [6.45, 7) is 0.331. The van der Waals surface area contributed by atoms with Crippen LogP contribution in [-0.4, -0.2) is 32.3 Å². The molecule has 0 unspecified atom stereocenters. The van der Waals surface area contributed by atoms with Crippen molar-refractivity contribution in [2.75, 3.05) is 20.4 Å². The largest absolute Gasteiger partial charge is 0.497 e. The van der Waals surface area contributed by atoms with E-state index in [1.165, 1.54) is 6.08 Å². The summed E-state index contributed by atoms with van der Waals surface area (Å²) in [6, 6.07) is 12.2. The number of methoxy groups -OCH3 is 1. The summed E-state index contributed by atoms with van der Waals surface area (Å²) < 4.78 is 20.7. The minimum Gasteiger partial charge on any atom is -0.497 e. The number of esters is 1. The highest BCUT2D eigenvalue weighted by Crippen LogP contribution is 2.35. The molecule has 0 saturated heterocycles. The number of ether oxygens (including phenoxy) is 4. The van der Waals surface area contributed by atoms with E-state index < -0.39 is 5.97 Å². The number of benzene rings is 2. The number of carbonyl (C=O) groups is 2. The molecule has 2 aromatic rings. The molecular formula is C20H19NO6. The van der Waals surface area contributed by atoms with Gasteiger partial charge in [0.05, 0.1) is 13.5 Å². The van der Waals surface area contributed by atoms with Gasteiger partial charge in [-0.25, -0.2) is 0 Å². The highest BCUT2D eigenvalue weighted by Gasteiger charge is 2.15. The number of nitrogens with one attached hydrogen (secondary N) is 1. The molecule has 1 N–H and O–H groups in total. The SMILES string of the molecule is COc1ccc(/C=C/C(=O)NCCC(=O)Oc2ccc3c(c2)OCO3)cc1. The average molecular weight is 369 g/mol. The van der Waals surface area contributed by atoms with Crippen molar-refractivity contribution in [1.29, 1.82) is 0 Å². The van der Waals surface area contributed by atoms with Crippen molar-refractivity contribution >= 4 is 18.0 Å². The number of hydrogen-bond donors (Lipinski definition) is 1. The van der Waals surface area contributed by atoms with E-state index in [4.69, 9.17) is 18.9 Å². The summed E-state index contributed by atoms with van der Waals surface area (Å²) in [5.74, 6) is 1.53. The quantitative estimate of drug-likeness (QED) is 0.459. The van der Waals surface area contributed by atoms with Crippen LogP contribution in [0.5, 0.6) is 23.0 Å². The summed E-state index contributed by atoms with van der Waals surface area (Å²) >= 11 is 0. The second-order valence-electron chi connectivity index (χ2n) is 5.64. The molecule has 1 amide bonds. The molecule has 0 aromatic heterocycles. The molecule has 3 rings (SSSR count). The van der Waals surface area contributed by atoms with Gasteiger partial charge in [-0.15, -0.1) is 0 Å². The number of fused-ring (bicyclic) bond motifs is 1. The summed E-state index contributed by atoms with van der Waals surface area (Å²) in [4.78, 5) is 23.7. The molecule has 0 aliphatic carbocycles. The van der Waals surface area contributed by atoms with Gasteiger partial charge in [0.15, 0.2) is 11.5 Å². The van der Waals surface area contributed by atoms with Crippen molar-refractivity contribution in [3.8, 4) is 23.0 Å². The van der Waals surface area contributed by atoms with Crippen LogP contribution >= 0.6 is 0 Å². The molecule has 2 aromatic carbocycles. The lowest BCUT2D eigenvalue weighted by molar-refractivity contribution is -0.134. The van der Waals surface area contributed by atoms with Crippen LogP contribution in [0.4, 0.5) is 0 Å². The second kappa shape index (κ2) is 8.75. The van der Waals surface area contributed by atoms with Crippen LogP contribution in [0.1, 0.15) is 12.0 Å². The third-order valence-electron chi connectivity index (χ3n) is 3.75. The molecule has 1 aliphatic heterocycles. The Morgan fingerprint density at radius 1 is 1.07 bits per heavy atom. The van der Waals surface area contributed by atoms with Gasteiger partial charge in [0, 0.05) is 18.7 Å². The van der Waals surface area contributed by atoms with E-state index in [1.54, 1.807) is 31.4 Å². The first kappa shape index (κ1) is 18.3. The Balaban J connectivity index is 1.40. The Morgan fingerprint density at radius 2 is 1.81 bits per heavy atom. The lowest BCUT2D eigenvalue weighted by Gasteiger charge is -2.05. The standard InChI is InChI=1S/C20H19NO6/c1-24-15-5-2-14(3-6-15)4-9-19(22)21-11-10-20(23)27-16-7-8-17-18(12-16)26-13-25-17/h2-9,12H,10-11,13H2,1H3,(H,21,22)/b9-4+. The normalized spacial score (nSPS) is 12.0. The maximum absolute atomic E-state index is 11.9. The molecule has 1 heterocycles. The molecular weight excluding hydrogens is 350 g/mol. The van der Waals surface area contributed by atoms with Crippen molar-refractivity contribution in [2.24, 2.45) is 0 Å². The molecule has 0 fully saturated rings. The van der Waals surface area contributed by atoms with Gasteiger partial charge in [0.25, 0.3) is 0 Å². The molecule has 0 atom stereocenters. The zero-order valence-electron chi connectivity index (χ0n) is 14.8. The molecule has 0 spiro atoms. The topological polar surface area (TPSA) is 83.1 Å². The van der Waals surface area contributed by atoms with E-state index in [0.717, 1.165) is 11.3 Å². The first-order valence-corrected chi connectivity index (χ1v) is 8.34. The number of rotatable bonds is 7. The molecule has 0 bridgehead atoms. The molecule has 7 nitrogen and oxygen atoms in total. The fraction of sp³-hybridized carbons (Fsp3) is 0.200. The second-order valence-corrected chi connectivity index (χ2v) is 5.64. The third kappa shape index (κ3) is 5.24. The van der Waals surface area contributed by atoms with Gasteiger partial charge < -0.3 is 24.3 Å². The van der Waals surface area contributed by atoms with Crippen LogP contribution in [0.3, 0.4) is 0 Å². The highest BCUT2D eigenvalue weighted by atomic mass is 16.7.